The van der Waals surface area contributed by atoms with Crippen LogP contribution in [-0.2, 0) is 23.3 Å². The molecule has 0 saturated heterocycles. The normalized spacial score (nSPS) is 14.2. The number of hydrogen-bond acceptors (Lipinski definition) is 5. The topological polar surface area (TPSA) is 90.9 Å². The maximum Gasteiger partial charge on any atom is 0.148 e. The summed E-state index contributed by atoms with van der Waals surface area (Å²) < 4.78 is 23.4. The molecule has 1 heterocycles. The Morgan fingerprint density at radius 3 is 2.71 bits per heavy atom. The molecule has 0 aliphatic rings. The highest BCUT2D eigenvalue weighted by molar-refractivity contribution is 7.90. The van der Waals surface area contributed by atoms with Gasteiger partial charge in [0.05, 0.1) is 11.4 Å². The first-order valence-corrected chi connectivity index (χ1v) is 6.21. The van der Waals surface area contributed by atoms with Crippen molar-refractivity contribution >= 4 is 9.84 Å². The summed E-state index contributed by atoms with van der Waals surface area (Å²) in [5.41, 5.74) is 6.36. The van der Waals surface area contributed by atoms with Crippen LogP contribution < -0.4 is 5.73 Å². The van der Waals surface area contributed by atoms with Crippen molar-refractivity contribution in [3.05, 3.63) is 11.9 Å². The van der Waals surface area contributed by atoms with Gasteiger partial charge in [-0.25, -0.2) is 8.42 Å². The Labute approximate surface area is 83.0 Å². The summed E-state index contributed by atoms with van der Waals surface area (Å²) in [6.07, 6.45) is 3.33. The quantitative estimate of drug-likeness (QED) is 0.680. The number of nitrogens with two attached hydrogens (primary N) is 1. The summed E-state index contributed by atoms with van der Waals surface area (Å²) in [4.78, 5) is 0. The Kier molecular flexibility index (Phi) is 3.22. The fraction of sp³-hybridized carbons (Fsp3) is 0.714. The average molecular weight is 218 g/mol. The first-order valence-electron chi connectivity index (χ1n) is 4.15. The molecule has 0 saturated carbocycles. The SMILES string of the molecule is Cn1cc(CC(N)CS(C)(=O)=O)nn1. The van der Waals surface area contributed by atoms with Gasteiger partial charge in [0.1, 0.15) is 9.84 Å². The van der Waals surface area contributed by atoms with Crippen molar-refractivity contribution < 1.29 is 8.42 Å². The molecule has 0 aromatic carbocycles. The maximum atomic E-state index is 10.9. The third kappa shape index (κ3) is 3.84. The molecular formula is C7H14N4O2S. The molecule has 0 spiro atoms. The highest BCUT2D eigenvalue weighted by Crippen LogP contribution is 1.98. The minimum Gasteiger partial charge on any atom is -0.326 e. The standard InChI is InChI=1S/C7H14N4O2S/c1-11-4-7(9-10-11)3-6(8)5-14(2,12)13/h4,6H,3,5,8H2,1-2H3. The number of nitrogens with zero attached hydrogens (tertiary/aromatic N) is 3. The van der Waals surface area contributed by atoms with Crippen LogP contribution in [0, 0.1) is 0 Å². The lowest BCUT2D eigenvalue weighted by molar-refractivity contribution is 0.590. The van der Waals surface area contributed by atoms with Gasteiger partial charge in [0.2, 0.25) is 0 Å². The van der Waals surface area contributed by atoms with Gasteiger partial charge in [-0.3, -0.25) is 4.68 Å². The summed E-state index contributed by atoms with van der Waals surface area (Å²) in [5.74, 6) is -0.0242. The van der Waals surface area contributed by atoms with Crippen LogP contribution in [0.4, 0.5) is 0 Å². The minimum atomic E-state index is -3.02. The van der Waals surface area contributed by atoms with Gasteiger partial charge >= 0.3 is 0 Å². The second-order valence-electron chi connectivity index (χ2n) is 3.44. The molecule has 14 heavy (non-hydrogen) atoms. The van der Waals surface area contributed by atoms with E-state index in [2.05, 4.69) is 10.3 Å². The van der Waals surface area contributed by atoms with Crippen molar-refractivity contribution in [3.8, 4) is 0 Å². The molecule has 7 heteroatoms. The number of aromatic nitrogens is 3. The minimum absolute atomic E-state index is 0.0242. The molecule has 1 aromatic rings. The Morgan fingerprint density at radius 1 is 1.64 bits per heavy atom. The third-order valence-corrected chi connectivity index (χ3v) is 2.67. The molecule has 1 unspecified atom stereocenters. The molecule has 0 aliphatic heterocycles. The largest absolute Gasteiger partial charge is 0.326 e. The number of rotatable bonds is 4. The van der Waals surface area contributed by atoms with Gasteiger partial charge in [-0.05, 0) is 0 Å². The Hall–Kier alpha value is -0.950. The van der Waals surface area contributed by atoms with Gasteiger partial charge < -0.3 is 5.73 Å². The van der Waals surface area contributed by atoms with Crippen LogP contribution in [0.2, 0.25) is 0 Å². The zero-order valence-electron chi connectivity index (χ0n) is 8.21. The van der Waals surface area contributed by atoms with Crippen molar-refractivity contribution in [2.75, 3.05) is 12.0 Å². The van der Waals surface area contributed by atoms with Crippen molar-refractivity contribution in [3.63, 3.8) is 0 Å². The van der Waals surface area contributed by atoms with Gasteiger partial charge in [0.15, 0.2) is 0 Å². The first-order chi connectivity index (χ1) is 6.37. The summed E-state index contributed by atoms with van der Waals surface area (Å²) in [6, 6.07) is -0.415. The summed E-state index contributed by atoms with van der Waals surface area (Å²) in [6.45, 7) is 0. The van der Waals surface area contributed by atoms with E-state index in [4.69, 9.17) is 5.73 Å². The van der Waals surface area contributed by atoms with Crippen molar-refractivity contribution in [2.24, 2.45) is 12.8 Å². The molecule has 80 valence electrons. The van der Waals surface area contributed by atoms with E-state index in [1.54, 1.807) is 17.9 Å². The molecule has 0 radical (unpaired) electrons. The van der Waals surface area contributed by atoms with Gasteiger partial charge in [0, 0.05) is 32.0 Å². The molecule has 0 fully saturated rings. The predicted octanol–water partition coefficient (Wildman–Crippen LogP) is -1.27. The molecule has 0 amide bonds. The fourth-order valence-electron chi connectivity index (χ4n) is 1.21. The van der Waals surface area contributed by atoms with Crippen LogP contribution in [0.3, 0.4) is 0 Å². The highest BCUT2D eigenvalue weighted by Gasteiger charge is 2.12. The van der Waals surface area contributed by atoms with Crippen LogP contribution in [0.15, 0.2) is 6.20 Å². The Morgan fingerprint density at radius 2 is 2.29 bits per heavy atom. The van der Waals surface area contributed by atoms with Gasteiger partial charge in [0.25, 0.3) is 0 Å². The lowest BCUT2D eigenvalue weighted by atomic mass is 10.2. The second kappa shape index (κ2) is 4.05. The van der Waals surface area contributed by atoms with Crippen molar-refractivity contribution in [1.82, 2.24) is 15.0 Å². The molecule has 2 N–H and O–H groups in total. The zero-order chi connectivity index (χ0) is 10.8. The molecule has 1 aromatic heterocycles. The van der Waals surface area contributed by atoms with Crippen LogP contribution in [0.1, 0.15) is 5.69 Å². The third-order valence-electron chi connectivity index (χ3n) is 1.64. The van der Waals surface area contributed by atoms with E-state index >= 15 is 0 Å². The van der Waals surface area contributed by atoms with E-state index in [9.17, 15) is 8.42 Å². The molecular weight excluding hydrogens is 204 g/mol. The van der Waals surface area contributed by atoms with Crippen LogP contribution >= 0.6 is 0 Å². The molecule has 0 aliphatic carbocycles. The van der Waals surface area contributed by atoms with Gasteiger partial charge in [-0.2, -0.15) is 0 Å². The molecule has 6 nitrogen and oxygen atoms in total. The van der Waals surface area contributed by atoms with Gasteiger partial charge in [-0.15, -0.1) is 5.10 Å². The van der Waals surface area contributed by atoms with E-state index in [0.29, 0.717) is 12.1 Å². The van der Waals surface area contributed by atoms with Crippen LogP contribution in [-0.4, -0.2) is 41.5 Å². The number of sulfone groups is 1. The summed E-state index contributed by atoms with van der Waals surface area (Å²) in [5, 5.41) is 7.55. The van der Waals surface area contributed by atoms with Gasteiger partial charge in [-0.1, -0.05) is 5.21 Å². The zero-order valence-corrected chi connectivity index (χ0v) is 9.03. The van der Waals surface area contributed by atoms with Crippen molar-refractivity contribution in [1.29, 1.82) is 0 Å². The van der Waals surface area contributed by atoms with E-state index in [-0.39, 0.29) is 5.75 Å². The maximum absolute atomic E-state index is 10.9. The number of hydrogen-bond donors (Lipinski definition) is 1. The van der Waals surface area contributed by atoms with Crippen LogP contribution in [0.5, 0.6) is 0 Å². The summed E-state index contributed by atoms with van der Waals surface area (Å²) in [7, 11) is -1.27. The molecule has 0 bridgehead atoms. The number of aryl methyl sites for hydroxylation is 1. The first kappa shape index (κ1) is 11.1. The fourth-order valence-corrected chi connectivity index (χ4v) is 2.10. The Bertz CT molecular complexity index is 398. The van der Waals surface area contributed by atoms with Crippen molar-refractivity contribution in [2.45, 2.75) is 12.5 Å². The monoisotopic (exact) mass is 218 g/mol. The van der Waals surface area contributed by atoms with E-state index in [1.165, 1.54) is 6.26 Å². The lowest BCUT2D eigenvalue weighted by Crippen LogP contribution is -2.31. The van der Waals surface area contributed by atoms with E-state index in [0.717, 1.165) is 0 Å². The van der Waals surface area contributed by atoms with Crippen LogP contribution in [0.25, 0.3) is 0 Å². The average Bonchev–Trinajstić information content (AvgIpc) is 2.30. The summed E-state index contributed by atoms with van der Waals surface area (Å²) >= 11 is 0. The lowest BCUT2D eigenvalue weighted by Gasteiger charge is -2.06. The van der Waals surface area contributed by atoms with E-state index < -0.39 is 15.9 Å². The predicted molar refractivity (Wildman–Crippen MR) is 52.4 cm³/mol. The molecule has 1 rings (SSSR count). The molecule has 1 atom stereocenters. The second-order valence-corrected chi connectivity index (χ2v) is 5.63. The smallest absolute Gasteiger partial charge is 0.148 e. The Balaban J connectivity index is 2.53. The van der Waals surface area contributed by atoms with E-state index in [1.807, 2.05) is 0 Å². The highest BCUT2D eigenvalue weighted by atomic mass is 32.2.